The van der Waals surface area contributed by atoms with Gasteiger partial charge in [0.25, 0.3) is 11.8 Å². The highest BCUT2D eigenvalue weighted by Crippen LogP contribution is 2.36. The Bertz CT molecular complexity index is 1640. The largest absolute Gasteiger partial charge is 0.358 e. The lowest BCUT2D eigenvalue weighted by Crippen LogP contribution is -2.35. The monoisotopic (exact) mass is 559 g/mol. The van der Waals surface area contributed by atoms with Crippen LogP contribution in [0.4, 0.5) is 11.4 Å². The zero-order valence-electron chi connectivity index (χ0n) is 23.1. The van der Waals surface area contributed by atoms with Gasteiger partial charge in [-0.15, -0.1) is 0 Å². The van der Waals surface area contributed by atoms with Crippen molar-refractivity contribution in [2.45, 2.75) is 38.3 Å². The van der Waals surface area contributed by atoms with Crippen molar-refractivity contribution in [3.8, 4) is 0 Å². The van der Waals surface area contributed by atoms with E-state index in [2.05, 4.69) is 39.2 Å². The Hall–Kier alpha value is -4.20. The average Bonchev–Trinajstić information content (AvgIpc) is 3.39. The predicted molar refractivity (Wildman–Crippen MR) is 157 cm³/mol. The second kappa shape index (κ2) is 11.9. The van der Waals surface area contributed by atoms with Gasteiger partial charge in [0.2, 0.25) is 0 Å². The molecule has 1 aliphatic rings. The summed E-state index contributed by atoms with van der Waals surface area (Å²) in [5.41, 5.74) is 4.70. The van der Waals surface area contributed by atoms with Crippen LogP contribution in [0.25, 0.3) is 16.5 Å². The van der Waals surface area contributed by atoms with Crippen LogP contribution >= 0.6 is 0 Å². The fourth-order valence-corrected chi connectivity index (χ4v) is 6.24. The van der Waals surface area contributed by atoms with Crippen molar-refractivity contribution in [3.05, 3.63) is 87.5 Å². The number of rotatable bonds is 10. The van der Waals surface area contributed by atoms with Gasteiger partial charge in [0, 0.05) is 35.7 Å². The lowest BCUT2D eigenvalue weighted by atomic mass is 10.0. The van der Waals surface area contributed by atoms with Gasteiger partial charge in [-0.25, -0.2) is 13.3 Å². The summed E-state index contributed by atoms with van der Waals surface area (Å²) >= 11 is 0. The molecule has 2 amide bonds. The zero-order chi connectivity index (χ0) is 29.0. The van der Waals surface area contributed by atoms with Crippen molar-refractivity contribution in [2.75, 3.05) is 31.5 Å². The molecule has 0 spiro atoms. The SMILES string of the molecule is [C-]#[N+]c1cccc(CS(=O)(=O)c2ccc3c(c2)/C(=C/c2[nH]c(C)c(C(=O)NCCN(CC)CC)c2C)C(=O)N3)c1. The molecule has 10 heteroatoms. The van der Waals surface area contributed by atoms with E-state index in [-0.39, 0.29) is 22.5 Å². The number of aromatic nitrogens is 1. The first-order valence-electron chi connectivity index (χ1n) is 13.1. The Morgan fingerprint density at radius 1 is 1.12 bits per heavy atom. The van der Waals surface area contributed by atoms with Crippen LogP contribution in [-0.2, 0) is 20.4 Å². The first-order valence-corrected chi connectivity index (χ1v) is 14.8. The average molecular weight is 560 g/mol. The maximum absolute atomic E-state index is 13.2. The summed E-state index contributed by atoms with van der Waals surface area (Å²) in [5, 5.41) is 5.77. The van der Waals surface area contributed by atoms with Crippen molar-refractivity contribution in [2.24, 2.45) is 0 Å². The van der Waals surface area contributed by atoms with E-state index in [1.807, 2.05) is 13.8 Å². The summed E-state index contributed by atoms with van der Waals surface area (Å²) in [7, 11) is -3.75. The molecule has 0 bridgehead atoms. The first kappa shape index (κ1) is 28.8. The van der Waals surface area contributed by atoms with E-state index in [1.165, 1.54) is 12.1 Å². The van der Waals surface area contributed by atoms with E-state index in [0.717, 1.165) is 19.6 Å². The summed E-state index contributed by atoms with van der Waals surface area (Å²) in [4.78, 5) is 34.8. The number of benzene rings is 2. The quantitative estimate of drug-likeness (QED) is 0.246. The number of aromatic amines is 1. The van der Waals surface area contributed by atoms with Gasteiger partial charge in [0.15, 0.2) is 15.5 Å². The molecule has 2 heterocycles. The molecule has 40 heavy (non-hydrogen) atoms. The Morgan fingerprint density at radius 2 is 1.88 bits per heavy atom. The van der Waals surface area contributed by atoms with Gasteiger partial charge in [-0.05, 0) is 62.3 Å². The molecule has 0 radical (unpaired) electrons. The van der Waals surface area contributed by atoms with Crippen LogP contribution in [0.3, 0.4) is 0 Å². The fraction of sp³-hybridized carbons (Fsp3) is 0.300. The second-order valence-electron chi connectivity index (χ2n) is 9.71. The molecule has 3 aromatic rings. The second-order valence-corrected chi connectivity index (χ2v) is 11.7. The summed E-state index contributed by atoms with van der Waals surface area (Å²) < 4.78 is 26.5. The molecule has 0 fully saturated rings. The van der Waals surface area contributed by atoms with Gasteiger partial charge in [0.05, 0.1) is 28.4 Å². The lowest BCUT2D eigenvalue weighted by Gasteiger charge is -2.18. The highest BCUT2D eigenvalue weighted by Gasteiger charge is 2.28. The zero-order valence-corrected chi connectivity index (χ0v) is 23.9. The van der Waals surface area contributed by atoms with E-state index >= 15 is 0 Å². The molecular weight excluding hydrogens is 526 g/mol. The molecule has 9 nitrogen and oxygen atoms in total. The smallest absolute Gasteiger partial charge is 0.256 e. The van der Waals surface area contributed by atoms with Gasteiger partial charge in [-0.2, -0.15) is 0 Å². The molecule has 3 N–H and O–H groups in total. The number of carbonyl (C=O) groups excluding carboxylic acids is 2. The van der Waals surface area contributed by atoms with Crippen LogP contribution in [-0.4, -0.2) is 56.3 Å². The van der Waals surface area contributed by atoms with Gasteiger partial charge in [0.1, 0.15) is 0 Å². The number of anilines is 1. The number of hydrogen-bond donors (Lipinski definition) is 3. The summed E-state index contributed by atoms with van der Waals surface area (Å²) in [5.74, 6) is -0.807. The highest BCUT2D eigenvalue weighted by molar-refractivity contribution is 7.90. The van der Waals surface area contributed by atoms with E-state index in [4.69, 9.17) is 6.57 Å². The first-order chi connectivity index (χ1) is 19.1. The van der Waals surface area contributed by atoms with E-state index in [9.17, 15) is 18.0 Å². The normalized spacial score (nSPS) is 13.8. The van der Waals surface area contributed by atoms with Crippen molar-refractivity contribution in [1.29, 1.82) is 0 Å². The van der Waals surface area contributed by atoms with Crippen molar-refractivity contribution < 1.29 is 18.0 Å². The summed E-state index contributed by atoms with van der Waals surface area (Å²) in [6, 6.07) is 11.1. The minimum atomic E-state index is -3.75. The number of H-pyrrole nitrogens is 1. The van der Waals surface area contributed by atoms with Gasteiger partial charge < -0.3 is 20.5 Å². The Morgan fingerprint density at radius 3 is 2.58 bits per heavy atom. The maximum atomic E-state index is 13.2. The third-order valence-corrected chi connectivity index (χ3v) is 8.81. The molecule has 208 valence electrons. The van der Waals surface area contributed by atoms with Crippen LogP contribution < -0.4 is 10.6 Å². The number of fused-ring (bicyclic) bond motifs is 1. The van der Waals surface area contributed by atoms with Crippen LogP contribution in [0.2, 0.25) is 0 Å². The van der Waals surface area contributed by atoms with E-state index < -0.39 is 9.84 Å². The molecule has 4 rings (SSSR count). The molecule has 1 aliphatic heterocycles. The molecule has 0 unspecified atom stereocenters. The number of nitrogens with zero attached hydrogens (tertiary/aromatic N) is 2. The summed E-state index contributed by atoms with van der Waals surface area (Å²) in [6.07, 6.45) is 1.66. The number of carbonyl (C=O) groups is 2. The fourth-order valence-electron chi connectivity index (χ4n) is 4.88. The minimum absolute atomic E-state index is 0.0783. The Labute approximate surface area is 235 Å². The molecule has 2 aromatic carbocycles. The van der Waals surface area contributed by atoms with Gasteiger partial charge in [-0.1, -0.05) is 38.1 Å². The Kier molecular flexibility index (Phi) is 8.57. The van der Waals surface area contributed by atoms with Crippen LogP contribution in [0.15, 0.2) is 47.4 Å². The van der Waals surface area contributed by atoms with Crippen molar-refractivity contribution in [3.63, 3.8) is 0 Å². The van der Waals surface area contributed by atoms with E-state index in [1.54, 1.807) is 36.4 Å². The molecule has 0 saturated carbocycles. The number of sulfone groups is 1. The third-order valence-electron chi connectivity index (χ3n) is 7.13. The van der Waals surface area contributed by atoms with Crippen molar-refractivity contribution >= 4 is 44.7 Å². The number of amides is 2. The number of likely N-dealkylation sites (N-methyl/N-ethyl adjacent to an activating group) is 1. The molecule has 0 atom stereocenters. The Balaban J connectivity index is 1.61. The van der Waals surface area contributed by atoms with Crippen molar-refractivity contribution in [1.82, 2.24) is 15.2 Å². The van der Waals surface area contributed by atoms with Gasteiger partial charge >= 0.3 is 0 Å². The van der Waals surface area contributed by atoms with E-state index in [0.29, 0.717) is 57.1 Å². The predicted octanol–water partition coefficient (Wildman–Crippen LogP) is 4.72. The molecular formula is C30H33N5O4S. The maximum Gasteiger partial charge on any atom is 0.256 e. The summed E-state index contributed by atoms with van der Waals surface area (Å²) in [6.45, 7) is 18.1. The standard InChI is InChI=1S/C30H33N5O4S/c1-6-35(7-2)14-13-32-30(37)28-19(3)27(33-20(28)4)17-25-24-16-23(11-12-26(24)34-29(25)36)40(38,39)18-21-9-8-10-22(15-21)31-5/h8-12,15-17,33H,6-7,13-14,18H2,1-4H3,(H,32,37)(H,34,36)/b25-17-. The third kappa shape index (κ3) is 6.01. The lowest BCUT2D eigenvalue weighted by molar-refractivity contribution is -0.110. The number of aryl methyl sites for hydroxylation is 1. The van der Waals surface area contributed by atoms with Gasteiger partial charge in [-0.3, -0.25) is 9.59 Å². The minimum Gasteiger partial charge on any atom is -0.358 e. The number of nitrogens with one attached hydrogen (secondary N) is 3. The number of hydrogen-bond acceptors (Lipinski definition) is 5. The van der Waals surface area contributed by atoms with Crippen LogP contribution in [0, 0.1) is 20.4 Å². The molecule has 1 aromatic heterocycles. The highest BCUT2D eigenvalue weighted by atomic mass is 32.2. The molecule has 0 saturated heterocycles. The van der Waals surface area contributed by atoms with Crippen LogP contribution in [0.5, 0.6) is 0 Å². The molecule has 0 aliphatic carbocycles. The topological polar surface area (TPSA) is 116 Å². The van der Waals surface area contributed by atoms with Crippen LogP contribution in [0.1, 0.15) is 52.3 Å².